The third-order valence-corrected chi connectivity index (χ3v) is 3.00. The molecule has 1 heterocycles. The highest BCUT2D eigenvalue weighted by Crippen LogP contribution is 2.20. The van der Waals surface area contributed by atoms with E-state index in [1.54, 1.807) is 0 Å². The molecule has 4 nitrogen and oxygen atoms in total. The van der Waals surface area contributed by atoms with Crippen LogP contribution in [0.2, 0.25) is 0 Å². The monoisotopic (exact) mass is 228 g/mol. The molecule has 0 saturated carbocycles. The highest BCUT2D eigenvalue weighted by Gasteiger charge is 2.33. The molecule has 1 fully saturated rings. The molecule has 0 aromatic carbocycles. The number of carbonyl (C=O) groups is 1. The number of carbonyl (C=O) groups excluding carboxylic acids is 1. The lowest BCUT2D eigenvalue weighted by Gasteiger charge is -2.42. The van der Waals surface area contributed by atoms with Crippen LogP contribution in [-0.4, -0.2) is 42.1 Å². The van der Waals surface area contributed by atoms with Crippen LogP contribution in [0, 0.1) is 0 Å². The number of nitrogens with zero attached hydrogens (tertiary/aromatic N) is 1. The van der Waals surface area contributed by atoms with Crippen LogP contribution in [0.15, 0.2) is 0 Å². The number of amides is 1. The Bertz CT molecular complexity index is 239. The van der Waals surface area contributed by atoms with Crippen LogP contribution in [0.5, 0.6) is 0 Å². The summed E-state index contributed by atoms with van der Waals surface area (Å²) >= 11 is 0. The lowest BCUT2D eigenvalue weighted by atomic mass is 10.0. The van der Waals surface area contributed by atoms with Gasteiger partial charge < -0.3 is 15.4 Å². The Labute approximate surface area is 98.1 Å². The molecule has 4 heteroatoms. The molecule has 1 unspecified atom stereocenters. The Kier molecular flexibility index (Phi) is 4.74. The van der Waals surface area contributed by atoms with Gasteiger partial charge in [-0.25, -0.2) is 0 Å². The fourth-order valence-electron chi connectivity index (χ4n) is 2.03. The summed E-state index contributed by atoms with van der Waals surface area (Å²) in [6.45, 7) is 8.08. The summed E-state index contributed by atoms with van der Waals surface area (Å²) in [7, 11) is 0. The molecule has 1 amide bonds. The Morgan fingerprint density at radius 3 is 2.81 bits per heavy atom. The van der Waals surface area contributed by atoms with Crippen LogP contribution in [0.25, 0.3) is 0 Å². The van der Waals surface area contributed by atoms with Gasteiger partial charge in [0.25, 0.3) is 0 Å². The Balaban J connectivity index is 2.40. The number of ether oxygens (including phenoxy) is 1. The van der Waals surface area contributed by atoms with Gasteiger partial charge in [-0.2, -0.15) is 0 Å². The van der Waals surface area contributed by atoms with Gasteiger partial charge >= 0.3 is 0 Å². The molecular formula is C12H24N2O2. The second-order valence-electron chi connectivity index (χ2n) is 5.28. The zero-order valence-electron chi connectivity index (χ0n) is 10.7. The van der Waals surface area contributed by atoms with E-state index < -0.39 is 0 Å². The molecule has 2 N–H and O–H groups in total. The van der Waals surface area contributed by atoms with E-state index in [2.05, 4.69) is 13.8 Å². The molecule has 0 aromatic heterocycles. The third-order valence-electron chi connectivity index (χ3n) is 3.00. The van der Waals surface area contributed by atoms with Crippen LogP contribution >= 0.6 is 0 Å². The molecule has 0 radical (unpaired) electrons. The molecule has 1 saturated heterocycles. The summed E-state index contributed by atoms with van der Waals surface area (Å²) in [4.78, 5) is 14.0. The lowest BCUT2D eigenvalue weighted by molar-refractivity contribution is -0.146. The van der Waals surface area contributed by atoms with Gasteiger partial charge in [-0.15, -0.1) is 0 Å². The van der Waals surface area contributed by atoms with Crippen molar-refractivity contribution < 1.29 is 9.53 Å². The van der Waals surface area contributed by atoms with Crippen molar-refractivity contribution >= 4 is 5.91 Å². The minimum atomic E-state index is -0.163. The molecule has 16 heavy (non-hydrogen) atoms. The molecule has 0 aromatic rings. The molecule has 94 valence electrons. The third kappa shape index (κ3) is 3.76. The fraction of sp³-hybridized carbons (Fsp3) is 0.917. The largest absolute Gasteiger partial charge is 0.377 e. The number of morpholine rings is 1. The van der Waals surface area contributed by atoms with Crippen molar-refractivity contribution in [3.8, 4) is 0 Å². The summed E-state index contributed by atoms with van der Waals surface area (Å²) in [5.41, 5.74) is 5.50. The molecular weight excluding hydrogens is 204 g/mol. The molecule has 0 spiro atoms. The van der Waals surface area contributed by atoms with E-state index in [0.717, 1.165) is 12.8 Å². The SMILES string of the molecule is CC(N)CCCC(=O)N1CCOCC1(C)C. The molecule has 1 rings (SSSR count). The normalized spacial score (nSPS) is 21.9. The minimum Gasteiger partial charge on any atom is -0.377 e. The van der Waals surface area contributed by atoms with Crippen molar-refractivity contribution in [3.63, 3.8) is 0 Å². The van der Waals surface area contributed by atoms with E-state index >= 15 is 0 Å². The van der Waals surface area contributed by atoms with Gasteiger partial charge in [0.2, 0.25) is 5.91 Å². The first-order chi connectivity index (χ1) is 7.43. The highest BCUT2D eigenvalue weighted by molar-refractivity contribution is 5.77. The van der Waals surface area contributed by atoms with Gasteiger partial charge in [0.1, 0.15) is 0 Å². The maximum absolute atomic E-state index is 12.0. The van der Waals surface area contributed by atoms with Crippen LogP contribution < -0.4 is 5.73 Å². The van der Waals surface area contributed by atoms with E-state index in [9.17, 15) is 4.79 Å². The van der Waals surface area contributed by atoms with Gasteiger partial charge in [-0.3, -0.25) is 4.79 Å². The predicted molar refractivity (Wildman–Crippen MR) is 64.1 cm³/mol. The van der Waals surface area contributed by atoms with Gasteiger partial charge in [-0.1, -0.05) is 0 Å². The van der Waals surface area contributed by atoms with Crippen molar-refractivity contribution in [2.45, 2.75) is 51.6 Å². The average Bonchev–Trinajstić information content (AvgIpc) is 2.16. The first kappa shape index (κ1) is 13.5. The molecule has 0 bridgehead atoms. The summed E-state index contributed by atoms with van der Waals surface area (Å²) in [5.74, 6) is 0.231. The summed E-state index contributed by atoms with van der Waals surface area (Å²) in [6, 6.07) is 0.186. The van der Waals surface area contributed by atoms with E-state index in [4.69, 9.17) is 10.5 Å². The number of hydrogen-bond acceptors (Lipinski definition) is 3. The van der Waals surface area contributed by atoms with Gasteiger partial charge in [0.05, 0.1) is 18.8 Å². The van der Waals surface area contributed by atoms with Gasteiger partial charge in [-0.05, 0) is 33.6 Å². The minimum absolute atomic E-state index is 0.163. The molecule has 0 aliphatic carbocycles. The summed E-state index contributed by atoms with van der Waals surface area (Å²) in [6.07, 6.45) is 2.39. The van der Waals surface area contributed by atoms with Crippen LogP contribution in [0.1, 0.15) is 40.0 Å². The van der Waals surface area contributed by atoms with E-state index in [-0.39, 0.29) is 17.5 Å². The van der Waals surface area contributed by atoms with Crippen molar-refractivity contribution in [2.75, 3.05) is 19.8 Å². The number of nitrogens with two attached hydrogens (primary N) is 1. The predicted octanol–water partition coefficient (Wildman–Crippen LogP) is 1.14. The lowest BCUT2D eigenvalue weighted by Crippen LogP contribution is -2.55. The van der Waals surface area contributed by atoms with Crippen LogP contribution in [-0.2, 0) is 9.53 Å². The molecule has 1 aliphatic heterocycles. The van der Waals surface area contributed by atoms with Gasteiger partial charge in [0.15, 0.2) is 0 Å². The fourth-order valence-corrected chi connectivity index (χ4v) is 2.03. The quantitative estimate of drug-likeness (QED) is 0.785. The van der Waals surface area contributed by atoms with E-state index in [1.807, 2.05) is 11.8 Å². The number of rotatable bonds is 4. The highest BCUT2D eigenvalue weighted by atomic mass is 16.5. The van der Waals surface area contributed by atoms with E-state index in [1.165, 1.54) is 0 Å². The summed E-state index contributed by atoms with van der Waals surface area (Å²) < 4.78 is 5.39. The van der Waals surface area contributed by atoms with Crippen LogP contribution in [0.3, 0.4) is 0 Å². The summed E-state index contributed by atoms with van der Waals surface area (Å²) in [5, 5.41) is 0. The molecule has 1 aliphatic rings. The van der Waals surface area contributed by atoms with Crippen molar-refractivity contribution in [1.82, 2.24) is 4.90 Å². The van der Waals surface area contributed by atoms with Crippen LogP contribution in [0.4, 0.5) is 0 Å². The Hall–Kier alpha value is -0.610. The smallest absolute Gasteiger partial charge is 0.223 e. The molecule has 1 atom stereocenters. The maximum Gasteiger partial charge on any atom is 0.223 e. The Morgan fingerprint density at radius 2 is 2.25 bits per heavy atom. The second-order valence-corrected chi connectivity index (χ2v) is 5.28. The Morgan fingerprint density at radius 1 is 1.56 bits per heavy atom. The zero-order chi connectivity index (χ0) is 12.2. The van der Waals surface area contributed by atoms with Gasteiger partial charge in [0, 0.05) is 19.0 Å². The number of hydrogen-bond donors (Lipinski definition) is 1. The second kappa shape index (κ2) is 5.64. The first-order valence-corrected chi connectivity index (χ1v) is 6.07. The topological polar surface area (TPSA) is 55.6 Å². The standard InChI is InChI=1S/C12H24N2O2/c1-10(13)5-4-6-11(15)14-7-8-16-9-12(14,2)3/h10H,4-9,13H2,1-3H3. The van der Waals surface area contributed by atoms with Crippen molar-refractivity contribution in [3.05, 3.63) is 0 Å². The van der Waals surface area contributed by atoms with Crippen molar-refractivity contribution in [1.29, 1.82) is 0 Å². The zero-order valence-corrected chi connectivity index (χ0v) is 10.7. The average molecular weight is 228 g/mol. The van der Waals surface area contributed by atoms with E-state index in [0.29, 0.717) is 26.2 Å². The maximum atomic E-state index is 12.0. The first-order valence-electron chi connectivity index (χ1n) is 6.07. The van der Waals surface area contributed by atoms with Crippen molar-refractivity contribution in [2.24, 2.45) is 5.73 Å².